The van der Waals surface area contributed by atoms with Gasteiger partial charge in [-0.05, 0) is 55.8 Å². The number of carbonyl (C=O) groups is 2. The van der Waals surface area contributed by atoms with Crippen molar-refractivity contribution in [2.75, 3.05) is 4.72 Å². The van der Waals surface area contributed by atoms with Crippen molar-refractivity contribution in [1.29, 1.82) is 0 Å². The molecular formula is C22H21N3O5S. The van der Waals surface area contributed by atoms with Gasteiger partial charge in [-0.15, -0.1) is 0 Å². The van der Waals surface area contributed by atoms with Crippen LogP contribution >= 0.6 is 0 Å². The second kappa shape index (κ2) is 9.31. The third-order valence-corrected chi connectivity index (χ3v) is 5.24. The molecule has 160 valence electrons. The molecule has 0 atom stereocenters. The summed E-state index contributed by atoms with van der Waals surface area (Å²) in [6.07, 6.45) is 1.48. The van der Waals surface area contributed by atoms with Gasteiger partial charge >= 0.3 is 0 Å². The van der Waals surface area contributed by atoms with Crippen LogP contribution in [0.5, 0.6) is 0 Å². The molecule has 1 aromatic heterocycles. The van der Waals surface area contributed by atoms with Gasteiger partial charge in [0.2, 0.25) is 0 Å². The number of hydrogen-bond donors (Lipinski definition) is 3. The van der Waals surface area contributed by atoms with Crippen LogP contribution in [0.3, 0.4) is 0 Å². The summed E-state index contributed by atoms with van der Waals surface area (Å²) >= 11 is 0. The van der Waals surface area contributed by atoms with Crippen LogP contribution in [0.1, 0.15) is 37.8 Å². The molecule has 0 fully saturated rings. The van der Waals surface area contributed by atoms with Crippen LogP contribution in [-0.4, -0.2) is 20.2 Å². The second-order valence-corrected chi connectivity index (χ2v) is 8.24. The lowest BCUT2D eigenvalue weighted by molar-refractivity contribution is 0.0845. The highest BCUT2D eigenvalue weighted by molar-refractivity contribution is 7.95. The van der Waals surface area contributed by atoms with E-state index in [0.717, 1.165) is 11.0 Å². The molecule has 0 unspecified atom stereocenters. The van der Waals surface area contributed by atoms with Crippen molar-refractivity contribution in [3.63, 3.8) is 0 Å². The minimum absolute atomic E-state index is 0.239. The van der Waals surface area contributed by atoms with E-state index in [-0.39, 0.29) is 5.56 Å². The largest absolute Gasteiger partial charge is 0.466 e. The van der Waals surface area contributed by atoms with Crippen molar-refractivity contribution in [3.05, 3.63) is 94.3 Å². The third kappa shape index (κ3) is 6.06. The summed E-state index contributed by atoms with van der Waals surface area (Å²) in [6, 6.07) is 16.4. The fraction of sp³-hybridized carbons (Fsp3) is 0.0909. The van der Waals surface area contributed by atoms with Gasteiger partial charge in [-0.3, -0.25) is 25.2 Å². The van der Waals surface area contributed by atoms with Crippen molar-refractivity contribution in [2.24, 2.45) is 0 Å². The maximum absolute atomic E-state index is 12.2. The van der Waals surface area contributed by atoms with Crippen molar-refractivity contribution < 1.29 is 22.4 Å². The number of hydrazine groups is 1. The third-order valence-electron chi connectivity index (χ3n) is 4.22. The first-order valence-electron chi connectivity index (χ1n) is 9.27. The number of rotatable bonds is 6. The summed E-state index contributed by atoms with van der Waals surface area (Å²) in [5, 5.41) is 1.07. The quantitative estimate of drug-likeness (QED) is 0.509. The Labute approximate surface area is 180 Å². The van der Waals surface area contributed by atoms with Crippen LogP contribution in [0.4, 0.5) is 5.69 Å². The Morgan fingerprint density at radius 1 is 0.903 bits per heavy atom. The molecule has 0 aliphatic heterocycles. The first-order chi connectivity index (χ1) is 14.7. The van der Waals surface area contributed by atoms with Gasteiger partial charge in [-0.25, -0.2) is 8.42 Å². The average Bonchev–Trinajstić information content (AvgIpc) is 3.09. The summed E-state index contributed by atoms with van der Waals surface area (Å²) in [5.41, 5.74) is 6.24. The maximum Gasteiger partial charge on any atom is 0.273 e. The molecule has 9 heteroatoms. The number of carbonyl (C=O) groups excluding carboxylic acids is 2. The van der Waals surface area contributed by atoms with Gasteiger partial charge in [-0.1, -0.05) is 30.3 Å². The lowest BCUT2D eigenvalue weighted by atomic mass is 10.2. The number of amides is 2. The fourth-order valence-electron chi connectivity index (χ4n) is 2.73. The lowest BCUT2D eigenvalue weighted by Crippen LogP contribution is -2.41. The number of benzene rings is 2. The van der Waals surface area contributed by atoms with Crippen LogP contribution < -0.4 is 15.6 Å². The molecular weight excluding hydrogens is 418 g/mol. The standard InChI is InChI=1S/C22H21N3O5S/c1-15-14-20(16(2)30-15)22(27)24-23-21(26)18-8-10-19(11-9-18)25-31(28,29)13-12-17-6-4-3-5-7-17/h3-14,25H,1-2H3,(H,23,26)(H,24,27). The molecule has 0 bridgehead atoms. The summed E-state index contributed by atoms with van der Waals surface area (Å²) in [5.74, 6) is -0.0188. The van der Waals surface area contributed by atoms with Gasteiger partial charge < -0.3 is 4.42 Å². The smallest absolute Gasteiger partial charge is 0.273 e. The first-order valence-corrected chi connectivity index (χ1v) is 10.8. The molecule has 2 amide bonds. The summed E-state index contributed by atoms with van der Waals surface area (Å²) in [4.78, 5) is 24.3. The topological polar surface area (TPSA) is 118 Å². The van der Waals surface area contributed by atoms with Crippen molar-refractivity contribution in [2.45, 2.75) is 13.8 Å². The number of anilines is 1. The molecule has 2 aromatic carbocycles. The number of nitrogens with one attached hydrogen (secondary N) is 3. The van der Waals surface area contributed by atoms with Gasteiger partial charge in [0.05, 0.1) is 11.0 Å². The van der Waals surface area contributed by atoms with Gasteiger partial charge in [-0.2, -0.15) is 0 Å². The van der Waals surface area contributed by atoms with E-state index in [1.807, 2.05) is 18.2 Å². The highest BCUT2D eigenvalue weighted by Gasteiger charge is 2.15. The summed E-state index contributed by atoms with van der Waals surface area (Å²) in [7, 11) is -3.72. The highest BCUT2D eigenvalue weighted by Crippen LogP contribution is 2.14. The monoisotopic (exact) mass is 439 g/mol. The Hall–Kier alpha value is -3.85. The zero-order valence-corrected chi connectivity index (χ0v) is 17.7. The van der Waals surface area contributed by atoms with Crippen LogP contribution in [0.25, 0.3) is 6.08 Å². The first kappa shape index (κ1) is 21.8. The highest BCUT2D eigenvalue weighted by atomic mass is 32.2. The molecule has 0 aliphatic rings. The molecule has 0 saturated heterocycles. The zero-order chi connectivity index (χ0) is 22.4. The average molecular weight is 439 g/mol. The molecule has 31 heavy (non-hydrogen) atoms. The van der Waals surface area contributed by atoms with Gasteiger partial charge in [0.25, 0.3) is 21.8 Å². The molecule has 0 saturated carbocycles. The zero-order valence-electron chi connectivity index (χ0n) is 16.9. The van der Waals surface area contributed by atoms with E-state index in [1.165, 1.54) is 30.3 Å². The van der Waals surface area contributed by atoms with Crippen molar-refractivity contribution in [3.8, 4) is 0 Å². The summed E-state index contributed by atoms with van der Waals surface area (Å²) < 4.78 is 32.1. The van der Waals surface area contributed by atoms with Gasteiger partial charge in [0.15, 0.2) is 0 Å². The van der Waals surface area contributed by atoms with Crippen LogP contribution in [0.2, 0.25) is 0 Å². The Morgan fingerprint density at radius 3 is 2.16 bits per heavy atom. The molecule has 0 aliphatic carbocycles. The number of aryl methyl sites for hydroxylation is 2. The minimum Gasteiger partial charge on any atom is -0.466 e. The molecule has 0 spiro atoms. The lowest BCUT2D eigenvalue weighted by Gasteiger charge is -2.08. The van der Waals surface area contributed by atoms with E-state index in [4.69, 9.17) is 4.42 Å². The Balaban J connectivity index is 1.57. The fourth-order valence-corrected chi connectivity index (χ4v) is 3.60. The minimum atomic E-state index is -3.72. The molecule has 8 nitrogen and oxygen atoms in total. The Kier molecular flexibility index (Phi) is 6.56. The maximum atomic E-state index is 12.2. The van der Waals surface area contributed by atoms with E-state index in [2.05, 4.69) is 15.6 Å². The van der Waals surface area contributed by atoms with Crippen molar-refractivity contribution in [1.82, 2.24) is 10.9 Å². The van der Waals surface area contributed by atoms with E-state index in [9.17, 15) is 18.0 Å². The molecule has 3 N–H and O–H groups in total. The predicted molar refractivity (Wildman–Crippen MR) is 118 cm³/mol. The Morgan fingerprint density at radius 2 is 1.55 bits per heavy atom. The molecule has 1 heterocycles. The van der Waals surface area contributed by atoms with E-state index in [0.29, 0.717) is 22.8 Å². The number of furan rings is 1. The van der Waals surface area contributed by atoms with E-state index in [1.54, 1.807) is 32.0 Å². The Bertz CT molecular complexity index is 1210. The molecule has 3 rings (SSSR count). The number of sulfonamides is 1. The number of hydrogen-bond acceptors (Lipinski definition) is 5. The summed E-state index contributed by atoms with van der Waals surface area (Å²) in [6.45, 7) is 3.37. The molecule has 0 radical (unpaired) electrons. The molecule has 3 aromatic rings. The van der Waals surface area contributed by atoms with E-state index >= 15 is 0 Å². The normalized spacial score (nSPS) is 11.3. The van der Waals surface area contributed by atoms with Crippen LogP contribution in [-0.2, 0) is 10.0 Å². The van der Waals surface area contributed by atoms with Crippen molar-refractivity contribution >= 4 is 33.6 Å². The van der Waals surface area contributed by atoms with Gasteiger partial charge in [0, 0.05) is 11.3 Å². The SMILES string of the molecule is Cc1cc(C(=O)NNC(=O)c2ccc(NS(=O)(=O)C=Cc3ccccc3)cc2)c(C)o1. The van der Waals surface area contributed by atoms with Crippen LogP contribution in [0.15, 0.2) is 70.5 Å². The van der Waals surface area contributed by atoms with Crippen LogP contribution in [0, 0.1) is 13.8 Å². The van der Waals surface area contributed by atoms with Gasteiger partial charge in [0.1, 0.15) is 11.5 Å². The second-order valence-electron chi connectivity index (χ2n) is 6.67. The van der Waals surface area contributed by atoms with E-state index < -0.39 is 21.8 Å². The predicted octanol–water partition coefficient (Wildman–Crippen LogP) is 3.38.